The number of fused-ring (bicyclic) bond motifs is 1. The molecule has 0 spiro atoms. The molecular weight excluding hydrogens is 493 g/mol. The van der Waals surface area contributed by atoms with Crippen molar-refractivity contribution in [1.29, 1.82) is 0 Å². The number of nitrogens with zero attached hydrogens (tertiary/aromatic N) is 4. The van der Waals surface area contributed by atoms with Crippen LogP contribution in [0.3, 0.4) is 0 Å². The van der Waals surface area contributed by atoms with Crippen molar-refractivity contribution in [1.82, 2.24) is 19.7 Å². The lowest BCUT2D eigenvalue weighted by Gasteiger charge is -2.34. The van der Waals surface area contributed by atoms with Gasteiger partial charge in [-0.05, 0) is 31.2 Å². The molecule has 0 bridgehead atoms. The van der Waals surface area contributed by atoms with E-state index in [9.17, 15) is 35.5 Å². The minimum atomic E-state index is -4.85. The fourth-order valence-corrected chi connectivity index (χ4v) is 4.07. The maximum absolute atomic E-state index is 14.0. The Labute approximate surface area is 192 Å². The van der Waals surface area contributed by atoms with Crippen molar-refractivity contribution in [2.45, 2.75) is 38.4 Å². The summed E-state index contributed by atoms with van der Waals surface area (Å²) < 4.78 is 93.6. The van der Waals surface area contributed by atoms with E-state index in [0.29, 0.717) is 12.1 Å². The van der Waals surface area contributed by atoms with Gasteiger partial charge in [-0.25, -0.2) is 4.39 Å². The number of hydrogen-bond acceptors (Lipinski definition) is 3. The number of rotatable bonds is 2. The molecule has 180 valence electrons. The van der Waals surface area contributed by atoms with Gasteiger partial charge in [0.2, 0.25) is 0 Å². The third kappa shape index (κ3) is 4.22. The summed E-state index contributed by atoms with van der Waals surface area (Å²) in [5.74, 6) is -1.90. The van der Waals surface area contributed by atoms with Crippen molar-refractivity contribution in [2.75, 3.05) is 0 Å². The van der Waals surface area contributed by atoms with Crippen LogP contribution in [0, 0.1) is 5.82 Å². The molecule has 2 heterocycles. The van der Waals surface area contributed by atoms with Crippen LogP contribution < -0.4 is 0 Å². The van der Waals surface area contributed by atoms with E-state index in [4.69, 9.17) is 11.6 Å². The number of carbonyl (C=O) groups is 1. The van der Waals surface area contributed by atoms with Crippen LogP contribution in [0.4, 0.5) is 30.7 Å². The summed E-state index contributed by atoms with van der Waals surface area (Å²) in [5, 5.41) is 7.13. The highest BCUT2D eigenvalue weighted by atomic mass is 35.5. The molecule has 2 aromatic carbocycles. The number of alkyl halides is 6. The highest BCUT2D eigenvalue weighted by Crippen LogP contribution is 2.37. The molecule has 5 nitrogen and oxygen atoms in total. The Balaban J connectivity index is 1.65. The van der Waals surface area contributed by atoms with Crippen LogP contribution >= 0.6 is 11.6 Å². The zero-order valence-electron chi connectivity index (χ0n) is 17.2. The lowest BCUT2D eigenvalue weighted by molar-refractivity contribution is -0.140. The van der Waals surface area contributed by atoms with Crippen LogP contribution in [-0.4, -0.2) is 31.6 Å². The van der Waals surface area contributed by atoms with Gasteiger partial charge in [-0.15, -0.1) is 10.2 Å². The Morgan fingerprint density at radius 1 is 1.03 bits per heavy atom. The monoisotopic (exact) mass is 506 g/mol. The Morgan fingerprint density at radius 2 is 1.71 bits per heavy atom. The second kappa shape index (κ2) is 8.26. The van der Waals surface area contributed by atoms with Gasteiger partial charge < -0.3 is 9.47 Å². The quantitative estimate of drug-likeness (QED) is 0.412. The maximum atomic E-state index is 14.0. The van der Waals surface area contributed by atoms with Crippen LogP contribution in [0.1, 0.15) is 34.2 Å². The molecule has 0 unspecified atom stereocenters. The summed E-state index contributed by atoms with van der Waals surface area (Å²) in [4.78, 5) is 14.3. The molecule has 1 aliphatic rings. The maximum Gasteiger partial charge on any atom is 0.419 e. The Kier molecular flexibility index (Phi) is 5.83. The number of hydrogen-bond donors (Lipinski definition) is 0. The van der Waals surface area contributed by atoms with Gasteiger partial charge in [0.15, 0.2) is 11.6 Å². The second-order valence-corrected chi connectivity index (χ2v) is 8.07. The molecule has 1 aliphatic heterocycles. The number of halogens is 8. The first-order chi connectivity index (χ1) is 15.8. The first-order valence-electron chi connectivity index (χ1n) is 9.75. The lowest BCUT2D eigenvalue weighted by atomic mass is 10.1. The summed E-state index contributed by atoms with van der Waals surface area (Å²) in [6.45, 7) is 1.55. The van der Waals surface area contributed by atoms with Gasteiger partial charge in [0.05, 0.1) is 28.3 Å². The van der Waals surface area contributed by atoms with Crippen molar-refractivity contribution >= 4 is 17.5 Å². The van der Waals surface area contributed by atoms with E-state index >= 15 is 0 Å². The smallest absolute Gasteiger partial charge is 0.327 e. The number of aromatic nitrogens is 3. The third-order valence-electron chi connectivity index (χ3n) is 5.45. The normalized spacial score (nSPS) is 16.5. The van der Waals surface area contributed by atoms with Crippen molar-refractivity contribution in [2.24, 2.45) is 0 Å². The van der Waals surface area contributed by atoms with Gasteiger partial charge in [-0.2, -0.15) is 26.3 Å². The highest BCUT2D eigenvalue weighted by Gasteiger charge is 2.38. The summed E-state index contributed by atoms with van der Waals surface area (Å²) >= 11 is 5.88. The molecule has 0 N–H and O–H groups in total. The van der Waals surface area contributed by atoms with Crippen LogP contribution in [0.2, 0.25) is 5.02 Å². The fourth-order valence-electron chi connectivity index (χ4n) is 3.76. The molecular formula is C21H14ClF7N4O. The van der Waals surface area contributed by atoms with E-state index in [-0.39, 0.29) is 35.9 Å². The molecule has 4 rings (SSSR count). The zero-order chi connectivity index (χ0) is 25.0. The van der Waals surface area contributed by atoms with Crippen LogP contribution in [0.5, 0.6) is 0 Å². The number of benzene rings is 2. The van der Waals surface area contributed by atoms with E-state index in [1.165, 1.54) is 15.5 Å². The highest BCUT2D eigenvalue weighted by molar-refractivity contribution is 6.34. The Hall–Kier alpha value is -3.15. The third-order valence-corrected chi connectivity index (χ3v) is 5.85. The van der Waals surface area contributed by atoms with Crippen molar-refractivity contribution in [3.8, 4) is 11.4 Å². The van der Waals surface area contributed by atoms with Gasteiger partial charge >= 0.3 is 12.4 Å². The summed E-state index contributed by atoms with van der Waals surface area (Å²) in [6.07, 6.45) is -9.60. The van der Waals surface area contributed by atoms with Crippen molar-refractivity contribution in [3.05, 3.63) is 69.8 Å². The number of amides is 1. The van der Waals surface area contributed by atoms with E-state index in [0.717, 1.165) is 18.2 Å². The molecule has 0 aliphatic carbocycles. The first-order valence-corrected chi connectivity index (χ1v) is 10.1. The summed E-state index contributed by atoms with van der Waals surface area (Å²) in [7, 11) is 0. The minimum Gasteiger partial charge on any atom is -0.327 e. The predicted molar refractivity (Wildman–Crippen MR) is 106 cm³/mol. The van der Waals surface area contributed by atoms with Crippen LogP contribution in [0.15, 0.2) is 36.4 Å². The molecule has 34 heavy (non-hydrogen) atoms. The first kappa shape index (κ1) is 24.0. The fraction of sp³-hybridized carbons (Fsp3) is 0.286. The second-order valence-electron chi connectivity index (χ2n) is 7.69. The summed E-state index contributed by atoms with van der Waals surface area (Å²) in [5.41, 5.74) is -2.84. The average Bonchev–Trinajstić information content (AvgIpc) is 3.13. The molecule has 3 aromatic rings. The molecule has 13 heteroatoms. The predicted octanol–water partition coefficient (Wildman–Crippen LogP) is 5.82. The van der Waals surface area contributed by atoms with Gasteiger partial charge in [-0.3, -0.25) is 4.79 Å². The van der Waals surface area contributed by atoms with E-state index in [1.807, 2.05) is 0 Å². The minimum absolute atomic E-state index is 0.0529. The molecule has 1 amide bonds. The molecule has 1 aromatic heterocycles. The van der Waals surface area contributed by atoms with Crippen molar-refractivity contribution in [3.63, 3.8) is 0 Å². The average molecular weight is 507 g/mol. The molecule has 0 fully saturated rings. The van der Waals surface area contributed by atoms with Crippen LogP contribution in [-0.2, 0) is 25.4 Å². The van der Waals surface area contributed by atoms with E-state index in [1.54, 1.807) is 6.92 Å². The van der Waals surface area contributed by atoms with Gasteiger partial charge in [-0.1, -0.05) is 23.7 Å². The van der Waals surface area contributed by atoms with Crippen molar-refractivity contribution < 1.29 is 35.5 Å². The Morgan fingerprint density at radius 3 is 2.32 bits per heavy atom. The largest absolute Gasteiger partial charge is 0.419 e. The van der Waals surface area contributed by atoms with E-state index in [2.05, 4.69) is 10.2 Å². The molecule has 1 atom stereocenters. The topological polar surface area (TPSA) is 51.0 Å². The number of carbonyl (C=O) groups excluding carboxylic acids is 1. The molecule has 0 saturated heterocycles. The molecule has 0 radical (unpaired) electrons. The molecule has 0 saturated carbocycles. The van der Waals surface area contributed by atoms with Gasteiger partial charge in [0.1, 0.15) is 5.82 Å². The zero-order valence-corrected chi connectivity index (χ0v) is 17.9. The van der Waals surface area contributed by atoms with E-state index < -0.39 is 46.3 Å². The van der Waals surface area contributed by atoms with Crippen LogP contribution in [0.25, 0.3) is 11.4 Å². The van der Waals surface area contributed by atoms with Gasteiger partial charge in [0.25, 0.3) is 5.91 Å². The SMILES string of the molecule is C[C@H]1Cn2c(nnc2-c2ccc(C(F)(F)F)c(F)c2)CN1C(=O)c1cccc(C(F)(F)F)c1Cl. The van der Waals surface area contributed by atoms with Gasteiger partial charge in [0, 0.05) is 18.2 Å². The summed E-state index contributed by atoms with van der Waals surface area (Å²) in [6, 6.07) is 4.83. The lowest BCUT2D eigenvalue weighted by Crippen LogP contribution is -2.45. The Bertz CT molecular complexity index is 1270. The standard InChI is InChI=1S/C21H14ClF7N4O/c1-10-8-33-16(30-31-18(33)11-5-6-13(15(23)7-11)20(24,25)26)9-32(10)19(34)12-3-2-4-14(17(12)22)21(27,28)29/h2-7,10H,8-9H2,1H3/t10-/m0/s1.